The lowest BCUT2D eigenvalue weighted by Crippen LogP contribution is -2.17. The van der Waals surface area contributed by atoms with E-state index in [4.69, 9.17) is 4.74 Å². The molecule has 0 bridgehead atoms. The normalized spacial score (nSPS) is 10.4. The number of hydrogen-bond donors (Lipinski definition) is 1. The third-order valence-electron chi connectivity index (χ3n) is 2.40. The van der Waals surface area contributed by atoms with Crippen molar-refractivity contribution in [1.29, 1.82) is 0 Å². The topological polar surface area (TPSA) is 68.3 Å². The SMILES string of the molecule is CCOC(=O)CC(=O)Nc1nc2ccc(C)cc2s1. The minimum Gasteiger partial charge on any atom is -0.466 e. The summed E-state index contributed by atoms with van der Waals surface area (Å²) in [6, 6.07) is 5.88. The van der Waals surface area contributed by atoms with Crippen molar-refractivity contribution in [2.24, 2.45) is 0 Å². The minimum absolute atomic E-state index is 0.270. The Labute approximate surface area is 114 Å². The minimum atomic E-state index is -0.531. The standard InChI is InChI=1S/C13H14N2O3S/c1-3-18-12(17)7-11(16)15-13-14-9-5-4-8(2)6-10(9)19-13/h4-6H,3,7H2,1-2H3,(H,14,15,16). The first-order valence-corrected chi connectivity index (χ1v) is 6.73. The van der Waals surface area contributed by atoms with Crippen LogP contribution in [0.1, 0.15) is 18.9 Å². The zero-order chi connectivity index (χ0) is 13.8. The molecule has 0 saturated carbocycles. The predicted octanol–water partition coefficient (Wildman–Crippen LogP) is 2.50. The maximum Gasteiger partial charge on any atom is 0.315 e. The fourth-order valence-electron chi connectivity index (χ4n) is 1.59. The summed E-state index contributed by atoms with van der Waals surface area (Å²) in [7, 11) is 0. The van der Waals surface area contributed by atoms with Gasteiger partial charge in [-0.05, 0) is 31.5 Å². The number of fused-ring (bicyclic) bond motifs is 1. The molecular formula is C13H14N2O3S. The van der Waals surface area contributed by atoms with Crippen molar-refractivity contribution >= 4 is 38.6 Å². The molecule has 1 amide bonds. The molecule has 0 aliphatic carbocycles. The smallest absolute Gasteiger partial charge is 0.315 e. The lowest BCUT2D eigenvalue weighted by Gasteiger charge is -2.01. The fourth-order valence-corrected chi connectivity index (χ4v) is 2.57. The van der Waals surface area contributed by atoms with Gasteiger partial charge in [0.05, 0.1) is 16.8 Å². The van der Waals surface area contributed by atoms with Crippen molar-refractivity contribution in [3.05, 3.63) is 23.8 Å². The number of ether oxygens (including phenoxy) is 1. The summed E-state index contributed by atoms with van der Waals surface area (Å²) in [5.41, 5.74) is 1.97. The van der Waals surface area contributed by atoms with E-state index in [1.54, 1.807) is 6.92 Å². The van der Waals surface area contributed by atoms with Crippen LogP contribution in [0.4, 0.5) is 5.13 Å². The van der Waals surface area contributed by atoms with Crippen LogP contribution in [0.2, 0.25) is 0 Å². The number of rotatable bonds is 4. The summed E-state index contributed by atoms with van der Waals surface area (Å²) in [4.78, 5) is 27.0. The molecule has 1 N–H and O–H groups in total. The largest absolute Gasteiger partial charge is 0.466 e. The molecule has 5 nitrogen and oxygen atoms in total. The highest BCUT2D eigenvalue weighted by Crippen LogP contribution is 2.26. The van der Waals surface area contributed by atoms with E-state index in [0.717, 1.165) is 15.8 Å². The molecule has 1 aromatic carbocycles. The number of carbonyl (C=O) groups excluding carboxylic acids is 2. The van der Waals surface area contributed by atoms with E-state index in [-0.39, 0.29) is 13.0 Å². The summed E-state index contributed by atoms with van der Waals surface area (Å²) >= 11 is 1.39. The Morgan fingerprint density at radius 1 is 1.42 bits per heavy atom. The molecule has 0 saturated heterocycles. The van der Waals surface area contributed by atoms with Gasteiger partial charge in [0.25, 0.3) is 0 Å². The van der Waals surface area contributed by atoms with Crippen LogP contribution in [0.3, 0.4) is 0 Å². The number of nitrogens with one attached hydrogen (secondary N) is 1. The highest BCUT2D eigenvalue weighted by Gasteiger charge is 2.12. The molecule has 0 fully saturated rings. The van der Waals surface area contributed by atoms with E-state index < -0.39 is 11.9 Å². The third-order valence-corrected chi connectivity index (χ3v) is 3.33. The third kappa shape index (κ3) is 3.51. The van der Waals surface area contributed by atoms with Crippen LogP contribution in [0.25, 0.3) is 10.2 Å². The second-order valence-electron chi connectivity index (χ2n) is 4.02. The van der Waals surface area contributed by atoms with E-state index in [2.05, 4.69) is 10.3 Å². The lowest BCUT2D eigenvalue weighted by atomic mass is 10.2. The Hall–Kier alpha value is -1.95. The number of benzene rings is 1. The van der Waals surface area contributed by atoms with Crippen molar-refractivity contribution in [2.75, 3.05) is 11.9 Å². The molecule has 0 aliphatic rings. The van der Waals surface area contributed by atoms with Crippen molar-refractivity contribution in [2.45, 2.75) is 20.3 Å². The number of thiazole rings is 1. The highest BCUT2D eigenvalue weighted by atomic mass is 32.1. The molecule has 2 aromatic rings. The molecule has 0 unspecified atom stereocenters. The van der Waals surface area contributed by atoms with Crippen LogP contribution in [-0.2, 0) is 14.3 Å². The highest BCUT2D eigenvalue weighted by molar-refractivity contribution is 7.22. The Morgan fingerprint density at radius 2 is 2.21 bits per heavy atom. The first-order valence-electron chi connectivity index (χ1n) is 5.91. The first-order chi connectivity index (χ1) is 9.08. The van der Waals surface area contributed by atoms with E-state index in [9.17, 15) is 9.59 Å². The van der Waals surface area contributed by atoms with Gasteiger partial charge in [-0.2, -0.15) is 0 Å². The quantitative estimate of drug-likeness (QED) is 0.689. The second kappa shape index (κ2) is 5.79. The van der Waals surface area contributed by atoms with Gasteiger partial charge < -0.3 is 10.1 Å². The number of carbonyl (C=O) groups is 2. The van der Waals surface area contributed by atoms with Crippen molar-refractivity contribution in [3.63, 3.8) is 0 Å². The van der Waals surface area contributed by atoms with Crippen molar-refractivity contribution in [3.8, 4) is 0 Å². The van der Waals surface area contributed by atoms with Gasteiger partial charge in [-0.15, -0.1) is 0 Å². The van der Waals surface area contributed by atoms with Gasteiger partial charge in [-0.1, -0.05) is 17.4 Å². The number of hydrogen-bond acceptors (Lipinski definition) is 5. The van der Waals surface area contributed by atoms with Crippen LogP contribution in [0.5, 0.6) is 0 Å². The Kier molecular flexibility index (Phi) is 4.11. The number of amides is 1. The van der Waals surface area contributed by atoms with Gasteiger partial charge in [-0.3, -0.25) is 9.59 Å². The van der Waals surface area contributed by atoms with Gasteiger partial charge in [0.15, 0.2) is 5.13 Å². The molecule has 0 atom stereocenters. The number of anilines is 1. The van der Waals surface area contributed by atoms with Crippen molar-refractivity contribution in [1.82, 2.24) is 4.98 Å². The van der Waals surface area contributed by atoms with Crippen molar-refractivity contribution < 1.29 is 14.3 Å². The van der Waals surface area contributed by atoms with E-state index in [0.29, 0.717) is 5.13 Å². The Bertz CT molecular complexity index is 621. The number of nitrogens with zero attached hydrogens (tertiary/aromatic N) is 1. The molecule has 0 spiro atoms. The summed E-state index contributed by atoms with van der Waals surface area (Å²) < 4.78 is 5.71. The van der Waals surface area contributed by atoms with Gasteiger partial charge in [0, 0.05) is 0 Å². The molecule has 19 heavy (non-hydrogen) atoms. The average molecular weight is 278 g/mol. The molecule has 6 heteroatoms. The molecule has 0 radical (unpaired) electrons. The molecule has 0 aliphatic heterocycles. The summed E-state index contributed by atoms with van der Waals surface area (Å²) in [6.07, 6.45) is -0.289. The zero-order valence-corrected chi connectivity index (χ0v) is 11.5. The van der Waals surface area contributed by atoms with E-state index in [1.165, 1.54) is 11.3 Å². The van der Waals surface area contributed by atoms with Crippen LogP contribution in [-0.4, -0.2) is 23.5 Å². The van der Waals surface area contributed by atoms with Crippen LogP contribution in [0.15, 0.2) is 18.2 Å². The molecule has 2 rings (SSSR count). The monoisotopic (exact) mass is 278 g/mol. The van der Waals surface area contributed by atoms with Gasteiger partial charge in [-0.25, -0.2) is 4.98 Å². The molecule has 1 heterocycles. The molecule has 100 valence electrons. The Balaban J connectivity index is 2.05. The number of aryl methyl sites for hydroxylation is 1. The summed E-state index contributed by atoms with van der Waals surface area (Å²) in [5, 5.41) is 3.10. The molecular weight excluding hydrogens is 264 g/mol. The van der Waals surface area contributed by atoms with E-state index >= 15 is 0 Å². The van der Waals surface area contributed by atoms with Crippen LogP contribution >= 0.6 is 11.3 Å². The number of esters is 1. The van der Waals surface area contributed by atoms with E-state index in [1.807, 2.05) is 25.1 Å². The van der Waals surface area contributed by atoms with Crippen LogP contribution in [0, 0.1) is 6.92 Å². The molecule has 1 aromatic heterocycles. The van der Waals surface area contributed by atoms with Gasteiger partial charge in [0.1, 0.15) is 6.42 Å². The maximum absolute atomic E-state index is 11.6. The lowest BCUT2D eigenvalue weighted by molar-refractivity contribution is -0.145. The summed E-state index contributed by atoms with van der Waals surface area (Å²) in [6.45, 7) is 3.97. The zero-order valence-electron chi connectivity index (χ0n) is 10.7. The Morgan fingerprint density at radius 3 is 2.95 bits per heavy atom. The predicted molar refractivity (Wildman–Crippen MR) is 74.2 cm³/mol. The average Bonchev–Trinajstić information content (AvgIpc) is 2.70. The fraction of sp³-hybridized carbons (Fsp3) is 0.308. The maximum atomic E-state index is 11.6. The summed E-state index contributed by atoms with van der Waals surface area (Å²) in [5.74, 6) is -0.939. The van der Waals surface area contributed by atoms with Crippen LogP contribution < -0.4 is 5.32 Å². The first kappa shape index (κ1) is 13.5. The van der Waals surface area contributed by atoms with Gasteiger partial charge in [0.2, 0.25) is 5.91 Å². The van der Waals surface area contributed by atoms with Gasteiger partial charge >= 0.3 is 5.97 Å². The second-order valence-corrected chi connectivity index (χ2v) is 5.05. The number of aromatic nitrogens is 1.